The van der Waals surface area contributed by atoms with Gasteiger partial charge in [-0.25, -0.2) is 9.99 Å². The summed E-state index contributed by atoms with van der Waals surface area (Å²) in [5.74, 6) is -1.34. The molecule has 1 aliphatic rings. The van der Waals surface area contributed by atoms with Gasteiger partial charge in [0.15, 0.2) is 5.13 Å². The number of hydrazine groups is 1. The molecule has 104 valence electrons. The van der Waals surface area contributed by atoms with Crippen molar-refractivity contribution in [2.45, 2.75) is 6.92 Å². The van der Waals surface area contributed by atoms with Gasteiger partial charge in [0.1, 0.15) is 0 Å². The molecule has 1 aromatic rings. The Labute approximate surface area is 115 Å². The molecule has 1 aliphatic heterocycles. The molecule has 1 fully saturated rings. The molecule has 2 heterocycles. The average molecular weight is 283 g/mol. The van der Waals surface area contributed by atoms with Gasteiger partial charge in [-0.2, -0.15) is 0 Å². The summed E-state index contributed by atoms with van der Waals surface area (Å²) in [6, 6.07) is 0. The average Bonchev–Trinajstić information content (AvgIpc) is 2.77. The van der Waals surface area contributed by atoms with Gasteiger partial charge in [0.05, 0.1) is 5.69 Å². The SMILES string of the molecule is Cc1csc(NC(=O)C(=O)NN2CCN(C)CC2)n1. The lowest BCUT2D eigenvalue weighted by atomic mass is 10.4. The van der Waals surface area contributed by atoms with E-state index in [2.05, 4.69) is 20.6 Å². The molecule has 2 rings (SSSR count). The fourth-order valence-electron chi connectivity index (χ4n) is 1.68. The molecule has 0 saturated carbocycles. The first-order valence-electron chi connectivity index (χ1n) is 6.02. The second kappa shape index (κ2) is 6.09. The van der Waals surface area contributed by atoms with E-state index in [1.807, 2.05) is 19.4 Å². The lowest BCUT2D eigenvalue weighted by molar-refractivity contribution is -0.139. The minimum Gasteiger partial charge on any atom is -0.304 e. The Kier molecular flexibility index (Phi) is 4.46. The first kappa shape index (κ1) is 13.9. The largest absolute Gasteiger partial charge is 0.324 e. The van der Waals surface area contributed by atoms with E-state index < -0.39 is 11.8 Å². The van der Waals surface area contributed by atoms with Crippen LogP contribution in [0.5, 0.6) is 0 Å². The molecule has 19 heavy (non-hydrogen) atoms. The fourth-order valence-corrected chi connectivity index (χ4v) is 2.36. The zero-order valence-electron chi connectivity index (χ0n) is 11.0. The van der Waals surface area contributed by atoms with Gasteiger partial charge in [0, 0.05) is 31.6 Å². The first-order valence-corrected chi connectivity index (χ1v) is 6.90. The van der Waals surface area contributed by atoms with Crippen molar-refractivity contribution in [1.82, 2.24) is 20.3 Å². The van der Waals surface area contributed by atoms with E-state index in [1.165, 1.54) is 11.3 Å². The third kappa shape index (κ3) is 3.98. The van der Waals surface area contributed by atoms with Gasteiger partial charge in [-0.1, -0.05) is 0 Å². The quantitative estimate of drug-likeness (QED) is 0.727. The van der Waals surface area contributed by atoms with E-state index in [9.17, 15) is 9.59 Å². The molecule has 7 nitrogen and oxygen atoms in total. The molecule has 1 saturated heterocycles. The molecule has 0 bridgehead atoms. The standard InChI is InChI=1S/C11H17N5O2S/c1-8-7-19-11(12-8)13-9(17)10(18)14-16-5-3-15(2)4-6-16/h7H,3-6H2,1-2H3,(H,14,18)(H,12,13,17). The maximum absolute atomic E-state index is 11.7. The molecule has 0 unspecified atom stereocenters. The zero-order valence-corrected chi connectivity index (χ0v) is 11.8. The molecule has 0 radical (unpaired) electrons. The summed E-state index contributed by atoms with van der Waals surface area (Å²) >= 11 is 1.30. The summed E-state index contributed by atoms with van der Waals surface area (Å²) in [5, 5.41) is 6.49. The summed E-state index contributed by atoms with van der Waals surface area (Å²) in [6.07, 6.45) is 0. The number of likely N-dealkylation sites (N-methyl/N-ethyl adjacent to an activating group) is 1. The van der Waals surface area contributed by atoms with Crippen molar-refractivity contribution in [1.29, 1.82) is 0 Å². The number of hydrogen-bond donors (Lipinski definition) is 2. The van der Waals surface area contributed by atoms with Crippen LogP contribution in [0.3, 0.4) is 0 Å². The number of aromatic nitrogens is 1. The van der Waals surface area contributed by atoms with Crippen molar-refractivity contribution in [2.75, 3.05) is 38.5 Å². The molecule has 0 aromatic carbocycles. The number of amides is 2. The van der Waals surface area contributed by atoms with Gasteiger partial charge in [0.2, 0.25) is 0 Å². The number of hydrogen-bond acceptors (Lipinski definition) is 6. The minimum absolute atomic E-state index is 0.441. The Morgan fingerprint density at radius 1 is 1.26 bits per heavy atom. The van der Waals surface area contributed by atoms with E-state index in [0.717, 1.165) is 18.8 Å². The molecular formula is C11H17N5O2S. The highest BCUT2D eigenvalue weighted by atomic mass is 32.1. The summed E-state index contributed by atoms with van der Waals surface area (Å²) in [7, 11) is 2.02. The van der Waals surface area contributed by atoms with Crippen LogP contribution in [-0.2, 0) is 9.59 Å². The predicted octanol–water partition coefficient (Wildman–Crippen LogP) is -0.331. The highest BCUT2D eigenvalue weighted by molar-refractivity contribution is 7.14. The van der Waals surface area contributed by atoms with Crippen molar-refractivity contribution in [3.8, 4) is 0 Å². The number of aryl methyl sites for hydroxylation is 1. The highest BCUT2D eigenvalue weighted by Gasteiger charge is 2.20. The van der Waals surface area contributed by atoms with Crippen LogP contribution >= 0.6 is 11.3 Å². The number of nitrogens with zero attached hydrogens (tertiary/aromatic N) is 3. The van der Waals surface area contributed by atoms with Crippen LogP contribution in [0.25, 0.3) is 0 Å². The van der Waals surface area contributed by atoms with Gasteiger partial charge < -0.3 is 4.90 Å². The molecule has 1 aromatic heterocycles. The Balaban J connectivity index is 1.81. The van der Waals surface area contributed by atoms with Crippen molar-refractivity contribution in [3.63, 3.8) is 0 Å². The second-order valence-electron chi connectivity index (χ2n) is 4.48. The van der Waals surface area contributed by atoms with E-state index in [4.69, 9.17) is 0 Å². The lowest BCUT2D eigenvalue weighted by Gasteiger charge is -2.31. The van der Waals surface area contributed by atoms with Gasteiger partial charge in [-0.05, 0) is 14.0 Å². The number of thiazole rings is 1. The molecule has 0 atom stereocenters. The third-order valence-corrected chi connectivity index (χ3v) is 3.68. The van der Waals surface area contributed by atoms with Crippen LogP contribution in [-0.4, -0.2) is 59.9 Å². The monoisotopic (exact) mass is 283 g/mol. The van der Waals surface area contributed by atoms with Gasteiger partial charge in [-0.3, -0.25) is 20.3 Å². The zero-order chi connectivity index (χ0) is 13.8. The van der Waals surface area contributed by atoms with Gasteiger partial charge >= 0.3 is 11.8 Å². The summed E-state index contributed by atoms with van der Waals surface area (Å²) in [6.45, 7) is 5.00. The van der Waals surface area contributed by atoms with Crippen molar-refractivity contribution < 1.29 is 9.59 Å². The van der Waals surface area contributed by atoms with E-state index in [-0.39, 0.29) is 0 Å². The highest BCUT2D eigenvalue weighted by Crippen LogP contribution is 2.13. The number of anilines is 1. The third-order valence-electron chi connectivity index (χ3n) is 2.81. The molecular weight excluding hydrogens is 266 g/mol. The van der Waals surface area contributed by atoms with Crippen molar-refractivity contribution in [3.05, 3.63) is 11.1 Å². The number of nitrogens with one attached hydrogen (secondary N) is 2. The summed E-state index contributed by atoms with van der Waals surface area (Å²) in [5.41, 5.74) is 3.42. The summed E-state index contributed by atoms with van der Waals surface area (Å²) < 4.78 is 0. The van der Waals surface area contributed by atoms with Crippen LogP contribution in [0.1, 0.15) is 5.69 Å². The predicted molar refractivity (Wildman–Crippen MR) is 72.7 cm³/mol. The topological polar surface area (TPSA) is 77.6 Å². The summed E-state index contributed by atoms with van der Waals surface area (Å²) in [4.78, 5) is 29.6. The Hall–Kier alpha value is -1.51. The Bertz CT molecular complexity index is 467. The van der Waals surface area contributed by atoms with Gasteiger partial charge in [-0.15, -0.1) is 11.3 Å². The molecule has 0 spiro atoms. The maximum Gasteiger partial charge on any atom is 0.324 e. The Morgan fingerprint density at radius 3 is 2.53 bits per heavy atom. The van der Waals surface area contributed by atoms with Crippen LogP contribution in [0.4, 0.5) is 5.13 Å². The first-order chi connectivity index (χ1) is 9.04. The van der Waals surface area contributed by atoms with Crippen LogP contribution in [0.15, 0.2) is 5.38 Å². The Morgan fingerprint density at radius 2 is 1.95 bits per heavy atom. The number of rotatable bonds is 2. The van der Waals surface area contributed by atoms with Gasteiger partial charge in [0.25, 0.3) is 0 Å². The van der Waals surface area contributed by atoms with Crippen molar-refractivity contribution >= 4 is 28.3 Å². The maximum atomic E-state index is 11.7. The van der Waals surface area contributed by atoms with Crippen LogP contribution in [0.2, 0.25) is 0 Å². The number of carbonyl (C=O) groups is 2. The molecule has 2 amide bonds. The minimum atomic E-state index is -0.687. The van der Waals surface area contributed by atoms with E-state index >= 15 is 0 Å². The van der Waals surface area contributed by atoms with Crippen molar-refractivity contribution in [2.24, 2.45) is 0 Å². The smallest absolute Gasteiger partial charge is 0.304 e. The number of carbonyl (C=O) groups excluding carboxylic acids is 2. The van der Waals surface area contributed by atoms with Crippen LogP contribution < -0.4 is 10.7 Å². The molecule has 2 N–H and O–H groups in total. The van der Waals surface area contributed by atoms with E-state index in [1.54, 1.807) is 5.01 Å². The second-order valence-corrected chi connectivity index (χ2v) is 5.34. The lowest BCUT2D eigenvalue weighted by Crippen LogP contribution is -2.54. The van der Waals surface area contributed by atoms with E-state index in [0.29, 0.717) is 18.2 Å². The fraction of sp³-hybridized carbons (Fsp3) is 0.545. The molecule has 0 aliphatic carbocycles. The molecule has 8 heteroatoms. The van der Waals surface area contributed by atoms with Crippen LogP contribution in [0, 0.1) is 6.92 Å². The number of piperazine rings is 1. The normalized spacial score (nSPS) is 17.2.